The number of rotatable bonds is 4. The van der Waals surface area contributed by atoms with Gasteiger partial charge in [0.15, 0.2) is 6.39 Å². The minimum atomic E-state index is -0.0643. The van der Waals surface area contributed by atoms with Gasteiger partial charge in [-0.3, -0.25) is 9.69 Å². The Bertz CT molecular complexity index is 688. The van der Waals surface area contributed by atoms with Gasteiger partial charge in [0.2, 0.25) is 5.76 Å². The van der Waals surface area contributed by atoms with Gasteiger partial charge in [-0.25, -0.2) is 4.98 Å². The molecule has 0 N–H and O–H groups in total. The van der Waals surface area contributed by atoms with E-state index < -0.39 is 0 Å². The van der Waals surface area contributed by atoms with Gasteiger partial charge in [0.25, 0.3) is 5.91 Å². The van der Waals surface area contributed by atoms with E-state index in [1.807, 2.05) is 11.8 Å². The fraction of sp³-hybridized carbons (Fsp3) is 0.818. The number of oxazole rings is 1. The normalized spacial score (nSPS) is 26.3. The van der Waals surface area contributed by atoms with Gasteiger partial charge in [0.05, 0.1) is 11.3 Å². The first-order chi connectivity index (χ1) is 14.0. The first-order valence-corrected chi connectivity index (χ1v) is 11.3. The molecule has 1 spiro atoms. The van der Waals surface area contributed by atoms with Gasteiger partial charge in [-0.2, -0.15) is 0 Å². The summed E-state index contributed by atoms with van der Waals surface area (Å²) < 4.78 is 11.6. The van der Waals surface area contributed by atoms with Crippen molar-refractivity contribution >= 4 is 5.91 Å². The number of carbonyl (C=O) groups is 1. The molecule has 3 saturated heterocycles. The third kappa shape index (κ3) is 4.67. The van der Waals surface area contributed by atoms with Crippen LogP contribution < -0.4 is 0 Å². The molecule has 3 fully saturated rings. The molecule has 4 heterocycles. The molecule has 1 aromatic heterocycles. The summed E-state index contributed by atoms with van der Waals surface area (Å²) in [5, 5.41) is 0. The predicted octanol–water partition coefficient (Wildman–Crippen LogP) is 2.41. The highest BCUT2D eigenvalue weighted by atomic mass is 16.5. The highest BCUT2D eigenvalue weighted by Gasteiger charge is 2.43. The molecule has 3 aliphatic rings. The lowest BCUT2D eigenvalue weighted by Gasteiger charge is -2.49. The zero-order valence-electron chi connectivity index (χ0n) is 18.2. The summed E-state index contributed by atoms with van der Waals surface area (Å²) in [6, 6.07) is 0.615. The Morgan fingerprint density at radius 1 is 1.21 bits per heavy atom. The molecule has 0 aromatic carbocycles. The van der Waals surface area contributed by atoms with Crippen LogP contribution in [-0.2, 0) is 4.74 Å². The van der Waals surface area contributed by atoms with Crippen LogP contribution in [0.1, 0.15) is 55.8 Å². The molecule has 0 bridgehead atoms. The Labute approximate surface area is 174 Å². The van der Waals surface area contributed by atoms with Crippen LogP contribution in [0, 0.1) is 12.8 Å². The predicted molar refractivity (Wildman–Crippen MR) is 111 cm³/mol. The number of piperidine rings is 1. The molecule has 1 amide bonds. The minimum absolute atomic E-state index is 0.0384. The molecule has 4 rings (SSSR count). The molecule has 0 aliphatic carbocycles. The second kappa shape index (κ2) is 8.74. The number of amides is 1. The molecule has 3 aliphatic heterocycles. The molecule has 7 heteroatoms. The van der Waals surface area contributed by atoms with Gasteiger partial charge in [-0.1, -0.05) is 13.8 Å². The second-order valence-electron chi connectivity index (χ2n) is 9.47. The van der Waals surface area contributed by atoms with Crippen LogP contribution >= 0.6 is 0 Å². The summed E-state index contributed by atoms with van der Waals surface area (Å²) in [7, 11) is 0. The Morgan fingerprint density at radius 3 is 2.55 bits per heavy atom. The Hall–Kier alpha value is -1.44. The molecular formula is C22H36N4O3. The van der Waals surface area contributed by atoms with Crippen molar-refractivity contribution in [1.29, 1.82) is 0 Å². The maximum atomic E-state index is 12.7. The lowest BCUT2D eigenvalue weighted by atomic mass is 9.81. The summed E-state index contributed by atoms with van der Waals surface area (Å²) in [4.78, 5) is 24.0. The highest BCUT2D eigenvalue weighted by molar-refractivity contribution is 5.92. The van der Waals surface area contributed by atoms with E-state index in [0.717, 1.165) is 51.3 Å². The number of carbonyl (C=O) groups excluding carboxylic acids is 1. The summed E-state index contributed by atoms with van der Waals surface area (Å²) >= 11 is 0. The Morgan fingerprint density at radius 2 is 1.93 bits per heavy atom. The van der Waals surface area contributed by atoms with Gasteiger partial charge in [-0.05, 0) is 38.5 Å². The molecule has 1 aromatic rings. The largest absolute Gasteiger partial charge is 0.438 e. The van der Waals surface area contributed by atoms with Crippen molar-refractivity contribution in [2.24, 2.45) is 5.92 Å². The smallest absolute Gasteiger partial charge is 0.291 e. The summed E-state index contributed by atoms with van der Waals surface area (Å²) in [6.45, 7) is 14.6. The third-order valence-electron chi connectivity index (χ3n) is 6.92. The van der Waals surface area contributed by atoms with Gasteiger partial charge >= 0.3 is 0 Å². The standard InChI is InChI=1S/C22H36N4O3/c1-17(2)15-24-9-11-25(12-10-24)19-4-13-29-22(14-19)5-7-26(8-6-22)21(27)20-18(3)23-16-28-20/h16-17,19H,4-15H2,1-3H3/t19-/m0/s1. The van der Waals surface area contributed by atoms with Crippen molar-refractivity contribution in [3.8, 4) is 0 Å². The number of ether oxygens (including phenoxy) is 1. The molecule has 0 saturated carbocycles. The van der Waals surface area contributed by atoms with Gasteiger partial charge in [0, 0.05) is 58.5 Å². The maximum absolute atomic E-state index is 12.7. The van der Waals surface area contributed by atoms with Crippen molar-refractivity contribution < 1.29 is 13.9 Å². The fourth-order valence-electron chi connectivity index (χ4n) is 5.26. The summed E-state index contributed by atoms with van der Waals surface area (Å²) in [5.74, 6) is 1.08. The van der Waals surface area contributed by atoms with Crippen molar-refractivity contribution in [3.63, 3.8) is 0 Å². The van der Waals surface area contributed by atoms with E-state index in [0.29, 0.717) is 17.5 Å². The quantitative estimate of drug-likeness (QED) is 0.768. The molecule has 0 unspecified atom stereocenters. The average molecular weight is 405 g/mol. The van der Waals surface area contributed by atoms with Crippen LogP contribution in [0.5, 0.6) is 0 Å². The zero-order valence-corrected chi connectivity index (χ0v) is 18.2. The van der Waals surface area contributed by atoms with E-state index in [2.05, 4.69) is 28.6 Å². The third-order valence-corrected chi connectivity index (χ3v) is 6.92. The van der Waals surface area contributed by atoms with Crippen molar-refractivity contribution in [2.45, 2.75) is 58.1 Å². The molecule has 162 valence electrons. The fourth-order valence-corrected chi connectivity index (χ4v) is 5.26. The number of piperazine rings is 1. The number of nitrogens with zero attached hydrogens (tertiary/aromatic N) is 4. The van der Waals surface area contributed by atoms with E-state index in [9.17, 15) is 4.79 Å². The van der Waals surface area contributed by atoms with Crippen LogP contribution in [0.2, 0.25) is 0 Å². The minimum Gasteiger partial charge on any atom is -0.438 e. The SMILES string of the molecule is Cc1ncoc1C(=O)N1CCC2(CC1)C[C@@H](N1CCN(CC(C)C)CC1)CCO2. The molecule has 29 heavy (non-hydrogen) atoms. The van der Waals surface area contributed by atoms with E-state index in [1.165, 1.54) is 39.1 Å². The average Bonchev–Trinajstić information content (AvgIpc) is 3.14. The topological polar surface area (TPSA) is 62.1 Å². The van der Waals surface area contributed by atoms with Gasteiger partial charge < -0.3 is 19.0 Å². The first-order valence-electron chi connectivity index (χ1n) is 11.3. The van der Waals surface area contributed by atoms with E-state index in [1.54, 1.807) is 0 Å². The first kappa shape index (κ1) is 20.8. The monoisotopic (exact) mass is 404 g/mol. The van der Waals surface area contributed by atoms with Crippen LogP contribution in [0.15, 0.2) is 10.8 Å². The molecular weight excluding hydrogens is 368 g/mol. The van der Waals surface area contributed by atoms with E-state index in [4.69, 9.17) is 9.15 Å². The summed E-state index contributed by atoms with van der Waals surface area (Å²) in [5.41, 5.74) is 0.603. The second-order valence-corrected chi connectivity index (χ2v) is 9.47. The van der Waals surface area contributed by atoms with Crippen molar-refractivity contribution in [1.82, 2.24) is 19.7 Å². The maximum Gasteiger partial charge on any atom is 0.291 e. The number of hydrogen-bond donors (Lipinski definition) is 0. The Balaban J connectivity index is 1.30. The highest BCUT2D eigenvalue weighted by Crippen LogP contribution is 2.37. The number of aromatic nitrogens is 1. The van der Waals surface area contributed by atoms with Crippen LogP contribution in [0.4, 0.5) is 0 Å². The van der Waals surface area contributed by atoms with E-state index >= 15 is 0 Å². The van der Waals surface area contributed by atoms with Crippen LogP contribution in [-0.4, -0.2) is 89.7 Å². The molecule has 7 nitrogen and oxygen atoms in total. The van der Waals surface area contributed by atoms with Crippen molar-refractivity contribution in [3.05, 3.63) is 17.8 Å². The van der Waals surface area contributed by atoms with Crippen LogP contribution in [0.3, 0.4) is 0 Å². The zero-order chi connectivity index (χ0) is 20.4. The Kier molecular flexibility index (Phi) is 6.27. The number of aryl methyl sites for hydroxylation is 1. The van der Waals surface area contributed by atoms with Crippen molar-refractivity contribution in [2.75, 3.05) is 52.4 Å². The van der Waals surface area contributed by atoms with Gasteiger partial charge in [-0.15, -0.1) is 0 Å². The lowest BCUT2D eigenvalue weighted by molar-refractivity contribution is -0.132. The molecule has 0 radical (unpaired) electrons. The van der Waals surface area contributed by atoms with E-state index in [-0.39, 0.29) is 11.5 Å². The number of likely N-dealkylation sites (tertiary alicyclic amines) is 1. The van der Waals surface area contributed by atoms with Gasteiger partial charge in [0.1, 0.15) is 0 Å². The van der Waals surface area contributed by atoms with Crippen LogP contribution in [0.25, 0.3) is 0 Å². The summed E-state index contributed by atoms with van der Waals surface area (Å²) in [6.07, 6.45) is 5.40. The molecule has 1 atom stereocenters. The lowest BCUT2D eigenvalue weighted by Crippen LogP contribution is -2.57. The number of hydrogen-bond acceptors (Lipinski definition) is 6.